The molecule has 0 aliphatic heterocycles. The van der Waals surface area contributed by atoms with Crippen LogP contribution in [0.1, 0.15) is 22.3 Å². The van der Waals surface area contributed by atoms with Crippen LogP contribution in [0.3, 0.4) is 0 Å². The topological polar surface area (TPSA) is 84.2 Å². The summed E-state index contributed by atoms with van der Waals surface area (Å²) in [7, 11) is 1.59. The predicted molar refractivity (Wildman–Crippen MR) is 82.7 cm³/mol. The number of nitrogens with one attached hydrogen (secondary N) is 2. The highest BCUT2D eigenvalue weighted by molar-refractivity contribution is 7.98. The van der Waals surface area contributed by atoms with E-state index >= 15 is 0 Å². The van der Waals surface area contributed by atoms with Gasteiger partial charge in [0.15, 0.2) is 0 Å². The van der Waals surface area contributed by atoms with E-state index in [9.17, 15) is 9.59 Å². The molecule has 0 fully saturated rings. The highest BCUT2D eigenvalue weighted by Crippen LogP contribution is 2.05. The largest absolute Gasteiger partial charge is 0.355 e. The van der Waals surface area contributed by atoms with Gasteiger partial charge >= 0.3 is 0 Å². The van der Waals surface area contributed by atoms with Crippen molar-refractivity contribution in [2.75, 3.05) is 19.1 Å². The fourth-order valence-electron chi connectivity index (χ4n) is 1.61. The van der Waals surface area contributed by atoms with Gasteiger partial charge in [-0.05, 0) is 36.1 Å². The second-order valence-corrected chi connectivity index (χ2v) is 5.37. The van der Waals surface area contributed by atoms with E-state index in [1.165, 1.54) is 0 Å². The molecule has 0 unspecified atom stereocenters. The molecule has 1 atom stereocenters. The Hall–Kier alpha value is -1.53. The van der Waals surface area contributed by atoms with Crippen molar-refractivity contribution < 1.29 is 9.59 Å². The summed E-state index contributed by atoms with van der Waals surface area (Å²) in [5.74, 6) is 0.601. The summed E-state index contributed by atoms with van der Waals surface area (Å²) < 4.78 is 0. The Bertz CT molecular complexity index is 448. The van der Waals surface area contributed by atoms with Gasteiger partial charge in [-0.25, -0.2) is 0 Å². The smallest absolute Gasteiger partial charge is 0.251 e. The van der Waals surface area contributed by atoms with Gasteiger partial charge in [-0.2, -0.15) is 11.8 Å². The molecule has 6 heteroatoms. The van der Waals surface area contributed by atoms with E-state index in [0.717, 1.165) is 11.3 Å². The van der Waals surface area contributed by atoms with Crippen LogP contribution in [0.5, 0.6) is 0 Å². The number of amides is 2. The van der Waals surface area contributed by atoms with Crippen molar-refractivity contribution in [2.24, 2.45) is 5.73 Å². The Morgan fingerprint density at radius 3 is 2.50 bits per heavy atom. The third-order valence-electron chi connectivity index (χ3n) is 2.88. The molecule has 0 aliphatic rings. The summed E-state index contributed by atoms with van der Waals surface area (Å²) in [6, 6.07) is 6.63. The van der Waals surface area contributed by atoms with E-state index in [4.69, 9.17) is 5.73 Å². The maximum atomic E-state index is 11.7. The Morgan fingerprint density at radius 1 is 1.30 bits per heavy atom. The Labute approximate surface area is 123 Å². The number of benzene rings is 1. The monoisotopic (exact) mass is 295 g/mol. The van der Waals surface area contributed by atoms with Crippen LogP contribution < -0.4 is 16.4 Å². The van der Waals surface area contributed by atoms with Gasteiger partial charge in [-0.15, -0.1) is 0 Å². The van der Waals surface area contributed by atoms with Gasteiger partial charge in [0.1, 0.15) is 0 Å². The minimum Gasteiger partial charge on any atom is -0.355 e. The highest BCUT2D eigenvalue weighted by Gasteiger charge is 2.12. The summed E-state index contributed by atoms with van der Waals surface area (Å²) in [4.78, 5) is 23.1. The number of hydrogen-bond acceptors (Lipinski definition) is 4. The van der Waals surface area contributed by atoms with Crippen molar-refractivity contribution in [1.82, 2.24) is 10.6 Å². The van der Waals surface area contributed by atoms with Crippen molar-refractivity contribution in [3.05, 3.63) is 35.4 Å². The minimum absolute atomic E-state index is 0.125. The number of carbonyl (C=O) groups is 2. The summed E-state index contributed by atoms with van der Waals surface area (Å²) in [6.07, 6.45) is 2.65. The van der Waals surface area contributed by atoms with Gasteiger partial charge in [0, 0.05) is 19.2 Å². The lowest BCUT2D eigenvalue weighted by Crippen LogP contribution is -2.40. The molecule has 5 nitrogen and oxygen atoms in total. The minimum atomic E-state index is -0.465. The maximum absolute atomic E-state index is 11.7. The van der Waals surface area contributed by atoms with Gasteiger partial charge in [0.25, 0.3) is 5.91 Å². The van der Waals surface area contributed by atoms with Crippen LogP contribution in [0.2, 0.25) is 0 Å². The molecule has 110 valence electrons. The number of carbonyl (C=O) groups excluding carboxylic acids is 2. The van der Waals surface area contributed by atoms with Gasteiger partial charge in [0.2, 0.25) is 5.91 Å². The summed E-state index contributed by atoms with van der Waals surface area (Å²) in [5, 5.41) is 5.35. The van der Waals surface area contributed by atoms with E-state index in [2.05, 4.69) is 10.6 Å². The van der Waals surface area contributed by atoms with Crippen molar-refractivity contribution in [1.29, 1.82) is 0 Å². The zero-order valence-electron chi connectivity index (χ0n) is 11.8. The van der Waals surface area contributed by atoms with Gasteiger partial charge in [-0.1, -0.05) is 12.1 Å². The molecule has 4 N–H and O–H groups in total. The summed E-state index contributed by atoms with van der Waals surface area (Å²) >= 11 is 1.67. The third-order valence-corrected chi connectivity index (χ3v) is 3.52. The van der Waals surface area contributed by atoms with Crippen molar-refractivity contribution in [3.63, 3.8) is 0 Å². The van der Waals surface area contributed by atoms with Crippen LogP contribution in [0.4, 0.5) is 0 Å². The average molecular weight is 295 g/mol. The molecule has 1 aromatic carbocycles. The normalized spacial score (nSPS) is 11.8. The third kappa shape index (κ3) is 5.22. The molecule has 0 bridgehead atoms. The first kappa shape index (κ1) is 16.5. The molecule has 0 spiro atoms. The van der Waals surface area contributed by atoms with Crippen LogP contribution in [0.25, 0.3) is 0 Å². The lowest BCUT2D eigenvalue weighted by molar-refractivity contribution is -0.122. The highest BCUT2D eigenvalue weighted by atomic mass is 32.2. The molecule has 0 aliphatic carbocycles. The van der Waals surface area contributed by atoms with E-state index in [0.29, 0.717) is 18.5 Å². The molecular formula is C14H21N3O2S. The number of rotatable bonds is 7. The Balaban J connectivity index is 2.45. The standard InChI is InChI=1S/C14H21N3O2S/c1-16-13(18)11-5-3-10(4-6-11)9-17-14(19)12(15)7-8-20-2/h3-6,12H,7-9,15H2,1-2H3,(H,16,18)(H,17,19)/t12-/m1/s1. The molecular weight excluding hydrogens is 274 g/mol. The van der Waals surface area contributed by atoms with Crippen LogP contribution in [0, 0.1) is 0 Å². The first-order valence-corrected chi connectivity index (χ1v) is 7.81. The van der Waals surface area contributed by atoms with E-state index in [1.807, 2.05) is 18.4 Å². The quantitative estimate of drug-likeness (QED) is 0.693. The molecule has 0 aromatic heterocycles. The molecule has 2 amide bonds. The van der Waals surface area contributed by atoms with E-state index in [1.54, 1.807) is 30.9 Å². The Morgan fingerprint density at radius 2 is 1.95 bits per heavy atom. The predicted octanol–water partition coefficient (Wildman–Crippen LogP) is 0.743. The number of hydrogen-bond donors (Lipinski definition) is 3. The van der Waals surface area contributed by atoms with Crippen molar-refractivity contribution >= 4 is 23.6 Å². The second-order valence-electron chi connectivity index (χ2n) is 4.38. The van der Waals surface area contributed by atoms with Crippen LogP contribution >= 0.6 is 11.8 Å². The molecule has 1 rings (SSSR count). The fraction of sp³-hybridized carbons (Fsp3) is 0.429. The Kier molecular flexibility index (Phi) is 7.11. The molecule has 20 heavy (non-hydrogen) atoms. The molecule has 0 saturated heterocycles. The van der Waals surface area contributed by atoms with Crippen molar-refractivity contribution in [2.45, 2.75) is 19.0 Å². The molecule has 0 heterocycles. The van der Waals surface area contributed by atoms with Gasteiger partial charge in [0.05, 0.1) is 6.04 Å². The van der Waals surface area contributed by atoms with Crippen LogP contribution in [0.15, 0.2) is 24.3 Å². The summed E-state index contributed by atoms with van der Waals surface area (Å²) in [5.41, 5.74) is 7.30. The SMILES string of the molecule is CNC(=O)c1ccc(CNC(=O)[C@H](N)CCSC)cc1. The van der Waals surface area contributed by atoms with Crippen molar-refractivity contribution in [3.8, 4) is 0 Å². The zero-order chi connectivity index (χ0) is 15.0. The first-order chi connectivity index (χ1) is 9.58. The second kappa shape index (κ2) is 8.60. The zero-order valence-corrected chi connectivity index (χ0v) is 12.6. The van der Waals surface area contributed by atoms with Crippen LogP contribution in [-0.2, 0) is 11.3 Å². The van der Waals surface area contributed by atoms with Gasteiger partial charge < -0.3 is 16.4 Å². The summed E-state index contributed by atoms with van der Waals surface area (Å²) in [6.45, 7) is 0.416. The van der Waals surface area contributed by atoms with Crippen LogP contribution in [-0.4, -0.2) is 36.9 Å². The van der Waals surface area contributed by atoms with Gasteiger partial charge in [-0.3, -0.25) is 9.59 Å². The lowest BCUT2D eigenvalue weighted by Gasteiger charge is -2.11. The molecule has 0 radical (unpaired) electrons. The molecule has 1 aromatic rings. The lowest BCUT2D eigenvalue weighted by atomic mass is 10.1. The molecule has 0 saturated carbocycles. The maximum Gasteiger partial charge on any atom is 0.251 e. The number of thioether (sulfide) groups is 1. The van der Waals surface area contributed by atoms with E-state index in [-0.39, 0.29) is 11.8 Å². The fourth-order valence-corrected chi connectivity index (χ4v) is 2.10. The average Bonchev–Trinajstić information content (AvgIpc) is 2.49. The number of nitrogens with two attached hydrogens (primary N) is 1. The van der Waals surface area contributed by atoms with E-state index < -0.39 is 6.04 Å². The first-order valence-electron chi connectivity index (χ1n) is 6.41.